The fraction of sp³-hybridized carbons (Fsp3) is 0.276. The summed E-state index contributed by atoms with van der Waals surface area (Å²) in [6, 6.07) is 16.4. The number of aliphatic imine (C=N–C) groups is 1. The molecule has 0 atom stereocenters. The Hall–Kier alpha value is -5.01. The van der Waals surface area contributed by atoms with Gasteiger partial charge in [-0.2, -0.15) is 4.98 Å². The minimum Gasteiger partial charge on any atom is -0.370 e. The highest BCUT2D eigenvalue weighted by Crippen LogP contribution is 2.23. The molecule has 1 fully saturated rings. The monoisotopic (exact) mass is 570 g/mol. The SMILES string of the molecule is NC(=O)NC(N)=NCCNCc1ccc(-n2cc3cc(-c4ccc(C(=O)NC5CCNCC5)cc4)[nH]c3nc2=O)cc1. The fourth-order valence-electron chi connectivity index (χ4n) is 4.80. The van der Waals surface area contributed by atoms with E-state index in [-0.39, 0.29) is 17.9 Å². The first-order chi connectivity index (χ1) is 20.4. The number of nitrogens with one attached hydrogen (secondary N) is 5. The summed E-state index contributed by atoms with van der Waals surface area (Å²) in [5.41, 5.74) is 14.6. The van der Waals surface area contributed by atoms with Crippen LogP contribution in [0.2, 0.25) is 0 Å². The van der Waals surface area contributed by atoms with Crippen molar-refractivity contribution in [2.45, 2.75) is 25.4 Å². The van der Waals surface area contributed by atoms with Crippen LogP contribution in [-0.2, 0) is 6.54 Å². The van der Waals surface area contributed by atoms with Gasteiger partial charge in [0.25, 0.3) is 5.91 Å². The lowest BCUT2D eigenvalue weighted by molar-refractivity contribution is 0.0929. The third-order valence-corrected chi connectivity index (χ3v) is 7.01. The maximum Gasteiger partial charge on any atom is 0.354 e. The van der Waals surface area contributed by atoms with Crippen molar-refractivity contribution in [3.05, 3.63) is 82.4 Å². The molecule has 2 aromatic carbocycles. The second kappa shape index (κ2) is 13.1. The predicted octanol–water partition coefficient (Wildman–Crippen LogP) is 0.935. The van der Waals surface area contributed by atoms with Crippen molar-refractivity contribution in [2.24, 2.45) is 16.5 Å². The number of nitrogens with zero attached hydrogens (tertiary/aromatic N) is 3. The van der Waals surface area contributed by atoms with Gasteiger partial charge in [0.05, 0.1) is 12.2 Å². The highest BCUT2D eigenvalue weighted by atomic mass is 16.2. The van der Waals surface area contributed by atoms with Gasteiger partial charge in [-0.1, -0.05) is 24.3 Å². The molecule has 13 nitrogen and oxygen atoms in total. The highest BCUT2D eigenvalue weighted by Gasteiger charge is 2.16. The Balaban J connectivity index is 1.22. The van der Waals surface area contributed by atoms with E-state index < -0.39 is 11.7 Å². The van der Waals surface area contributed by atoms with Gasteiger partial charge >= 0.3 is 11.7 Å². The number of amides is 3. The molecule has 218 valence electrons. The minimum atomic E-state index is -0.755. The van der Waals surface area contributed by atoms with Gasteiger partial charge in [-0.3, -0.25) is 19.7 Å². The average Bonchev–Trinajstić information content (AvgIpc) is 3.40. The zero-order chi connectivity index (χ0) is 29.5. The molecule has 42 heavy (non-hydrogen) atoms. The summed E-state index contributed by atoms with van der Waals surface area (Å²) >= 11 is 0. The number of primary amides is 1. The van der Waals surface area contributed by atoms with E-state index in [1.807, 2.05) is 54.6 Å². The summed E-state index contributed by atoms with van der Waals surface area (Å²) in [6.07, 6.45) is 3.63. The summed E-state index contributed by atoms with van der Waals surface area (Å²) in [5.74, 6) is -0.0935. The molecule has 13 heteroatoms. The van der Waals surface area contributed by atoms with Gasteiger partial charge < -0.3 is 32.4 Å². The Labute approximate surface area is 241 Å². The molecule has 3 amide bonds. The minimum absolute atomic E-state index is 0.0236. The maximum absolute atomic E-state index is 12.8. The Bertz CT molecular complexity index is 1640. The van der Waals surface area contributed by atoms with Crippen molar-refractivity contribution >= 4 is 28.9 Å². The van der Waals surface area contributed by atoms with Gasteiger partial charge in [0, 0.05) is 42.0 Å². The number of carbonyl (C=O) groups is 2. The van der Waals surface area contributed by atoms with Gasteiger partial charge in [-0.25, -0.2) is 9.59 Å². The lowest BCUT2D eigenvalue weighted by atomic mass is 10.0. The number of aromatic amines is 1. The number of piperidine rings is 1. The van der Waals surface area contributed by atoms with Gasteiger partial charge in [-0.05, 0) is 67.4 Å². The predicted molar refractivity (Wildman–Crippen MR) is 161 cm³/mol. The number of benzene rings is 2. The summed E-state index contributed by atoms with van der Waals surface area (Å²) < 4.78 is 1.51. The third kappa shape index (κ3) is 7.19. The number of hydrogen-bond donors (Lipinski definition) is 7. The number of nitrogens with two attached hydrogens (primary N) is 2. The number of guanidine groups is 1. The van der Waals surface area contributed by atoms with Crippen LogP contribution in [0.15, 0.2) is 70.6 Å². The van der Waals surface area contributed by atoms with E-state index in [9.17, 15) is 14.4 Å². The Morgan fingerprint density at radius 3 is 2.50 bits per heavy atom. The molecule has 1 aliphatic rings. The Morgan fingerprint density at radius 2 is 1.79 bits per heavy atom. The van der Waals surface area contributed by atoms with Crippen molar-refractivity contribution < 1.29 is 9.59 Å². The fourth-order valence-corrected chi connectivity index (χ4v) is 4.80. The van der Waals surface area contributed by atoms with Gasteiger partial charge in [0.2, 0.25) is 0 Å². The quantitative estimate of drug-likeness (QED) is 0.0882. The molecule has 5 rings (SSSR count). The molecule has 2 aromatic heterocycles. The first-order valence-electron chi connectivity index (χ1n) is 13.8. The summed E-state index contributed by atoms with van der Waals surface area (Å²) in [6.45, 7) is 3.35. The molecule has 0 aliphatic carbocycles. The van der Waals surface area contributed by atoms with E-state index >= 15 is 0 Å². The van der Waals surface area contributed by atoms with Crippen LogP contribution in [0.1, 0.15) is 28.8 Å². The molecule has 1 aliphatic heterocycles. The van der Waals surface area contributed by atoms with E-state index in [0.717, 1.165) is 48.1 Å². The van der Waals surface area contributed by atoms with Crippen molar-refractivity contribution in [3.8, 4) is 16.9 Å². The van der Waals surface area contributed by atoms with Crippen LogP contribution < -0.4 is 38.4 Å². The molecule has 4 aromatic rings. The molecular weight excluding hydrogens is 536 g/mol. The Kier molecular flexibility index (Phi) is 8.90. The van der Waals surface area contributed by atoms with Crippen molar-refractivity contribution in [3.63, 3.8) is 0 Å². The molecular formula is C29H34N10O3. The summed E-state index contributed by atoms with van der Waals surface area (Å²) in [4.78, 5) is 47.7. The van der Waals surface area contributed by atoms with Crippen LogP contribution in [0.3, 0.4) is 0 Å². The Morgan fingerprint density at radius 1 is 1.05 bits per heavy atom. The zero-order valence-electron chi connectivity index (χ0n) is 23.0. The van der Waals surface area contributed by atoms with Crippen molar-refractivity contribution in [1.82, 2.24) is 35.8 Å². The van der Waals surface area contributed by atoms with E-state index in [2.05, 4.69) is 36.2 Å². The van der Waals surface area contributed by atoms with Gasteiger partial charge in [-0.15, -0.1) is 0 Å². The molecule has 0 radical (unpaired) electrons. The maximum atomic E-state index is 12.8. The normalized spacial score (nSPS) is 14.1. The lowest BCUT2D eigenvalue weighted by Crippen LogP contribution is -2.42. The second-order valence-electron chi connectivity index (χ2n) is 10.1. The molecule has 0 bridgehead atoms. The number of carbonyl (C=O) groups excluding carboxylic acids is 2. The number of urea groups is 1. The molecule has 0 saturated carbocycles. The van der Waals surface area contributed by atoms with Crippen LogP contribution in [0.25, 0.3) is 28.0 Å². The smallest absolute Gasteiger partial charge is 0.354 e. The highest BCUT2D eigenvalue weighted by molar-refractivity contribution is 5.95. The van der Waals surface area contributed by atoms with Gasteiger partial charge in [0.15, 0.2) is 5.96 Å². The molecule has 1 saturated heterocycles. The number of aromatic nitrogens is 3. The van der Waals surface area contributed by atoms with E-state index in [1.54, 1.807) is 6.20 Å². The third-order valence-electron chi connectivity index (χ3n) is 7.01. The summed E-state index contributed by atoms with van der Waals surface area (Å²) in [5, 5.41) is 12.6. The van der Waals surface area contributed by atoms with Crippen molar-refractivity contribution in [1.29, 1.82) is 0 Å². The summed E-state index contributed by atoms with van der Waals surface area (Å²) in [7, 11) is 0. The zero-order valence-corrected chi connectivity index (χ0v) is 23.0. The topological polar surface area (TPSA) is 197 Å². The van der Waals surface area contributed by atoms with Crippen LogP contribution >= 0.6 is 0 Å². The molecule has 9 N–H and O–H groups in total. The van der Waals surface area contributed by atoms with Crippen LogP contribution in [0, 0.1) is 0 Å². The van der Waals surface area contributed by atoms with E-state index in [4.69, 9.17) is 11.5 Å². The van der Waals surface area contributed by atoms with E-state index in [0.29, 0.717) is 36.5 Å². The first-order valence-corrected chi connectivity index (χ1v) is 13.8. The first kappa shape index (κ1) is 28.5. The van der Waals surface area contributed by atoms with Crippen LogP contribution in [0.4, 0.5) is 4.79 Å². The average molecular weight is 571 g/mol. The van der Waals surface area contributed by atoms with Crippen molar-refractivity contribution in [2.75, 3.05) is 26.2 Å². The second-order valence-corrected chi connectivity index (χ2v) is 10.1. The number of rotatable bonds is 9. The van der Waals surface area contributed by atoms with Crippen LogP contribution in [-0.4, -0.2) is 64.7 Å². The lowest BCUT2D eigenvalue weighted by Gasteiger charge is -2.23. The number of fused-ring (bicyclic) bond motifs is 1. The molecule has 3 heterocycles. The molecule has 0 spiro atoms. The number of H-pyrrole nitrogens is 1. The van der Waals surface area contributed by atoms with Crippen LogP contribution in [0.5, 0.6) is 0 Å². The van der Waals surface area contributed by atoms with Gasteiger partial charge in [0.1, 0.15) is 5.65 Å². The molecule has 0 unspecified atom stereocenters. The largest absolute Gasteiger partial charge is 0.370 e. The number of hydrogen-bond acceptors (Lipinski definition) is 7. The standard InChI is InChI=1S/C29H34N10O3/c30-27(38-28(31)41)34-14-13-33-16-18-1-7-23(8-2-18)39-17-21-15-24(36-25(21)37-29(39)42)19-3-5-20(6-4-19)26(40)35-22-9-11-32-12-10-22/h1-8,15,17,22,32-33H,9-14,16H2,(H,35,40)(H,36,37,42)(H5,30,31,34,38,41). The van der Waals surface area contributed by atoms with E-state index in [1.165, 1.54) is 4.57 Å².